The summed E-state index contributed by atoms with van der Waals surface area (Å²) in [6, 6.07) is 8.65. The number of benzene rings is 1. The number of carbonyl (C=O) groups excluding carboxylic acids is 2. The normalized spacial score (nSPS) is 24.0. The van der Waals surface area contributed by atoms with Crippen molar-refractivity contribution in [2.24, 2.45) is 5.92 Å². The Labute approximate surface area is 149 Å². The highest BCUT2D eigenvalue weighted by atomic mass is 35.5. The number of nitrogens with one attached hydrogen (secondary N) is 2. The Kier molecular flexibility index (Phi) is 6.63. The van der Waals surface area contributed by atoms with Gasteiger partial charge in [0.15, 0.2) is 0 Å². The van der Waals surface area contributed by atoms with Gasteiger partial charge in [-0.05, 0) is 24.0 Å². The molecule has 0 aromatic heterocycles. The molecule has 2 aliphatic rings. The molecule has 24 heavy (non-hydrogen) atoms. The van der Waals surface area contributed by atoms with E-state index in [2.05, 4.69) is 41.8 Å². The van der Waals surface area contributed by atoms with Crippen LogP contribution in [0.5, 0.6) is 0 Å². The van der Waals surface area contributed by atoms with Gasteiger partial charge >= 0.3 is 0 Å². The third-order valence-corrected chi connectivity index (χ3v) is 4.91. The Balaban J connectivity index is 0.00000208. The molecule has 5 nitrogen and oxygen atoms in total. The van der Waals surface area contributed by atoms with Crippen LogP contribution in [0.1, 0.15) is 36.9 Å². The number of piperazine rings is 1. The van der Waals surface area contributed by atoms with E-state index in [1.165, 1.54) is 11.1 Å². The monoisotopic (exact) mass is 351 g/mol. The number of hydrogen-bond donors (Lipinski definition) is 2. The predicted molar refractivity (Wildman–Crippen MR) is 96.1 cm³/mol. The second kappa shape index (κ2) is 8.49. The summed E-state index contributed by atoms with van der Waals surface area (Å²) in [4.78, 5) is 26.2. The van der Waals surface area contributed by atoms with Gasteiger partial charge in [-0.25, -0.2) is 0 Å². The summed E-state index contributed by atoms with van der Waals surface area (Å²) in [7, 11) is 0. The van der Waals surface area contributed by atoms with E-state index >= 15 is 0 Å². The lowest BCUT2D eigenvalue weighted by atomic mass is 9.94. The molecule has 1 aromatic carbocycles. The molecule has 3 rings (SSSR count). The molecule has 0 aliphatic carbocycles. The first-order valence-electron chi connectivity index (χ1n) is 8.55. The van der Waals surface area contributed by atoms with Gasteiger partial charge in [0.1, 0.15) is 0 Å². The van der Waals surface area contributed by atoms with Gasteiger partial charge in [-0.15, -0.1) is 12.4 Å². The van der Waals surface area contributed by atoms with E-state index in [4.69, 9.17) is 0 Å². The summed E-state index contributed by atoms with van der Waals surface area (Å²) in [6.45, 7) is 4.96. The topological polar surface area (TPSA) is 61.4 Å². The summed E-state index contributed by atoms with van der Waals surface area (Å²) in [5.74, 6) is 0.153. The number of rotatable bonds is 3. The molecule has 0 saturated carbocycles. The van der Waals surface area contributed by atoms with Crippen LogP contribution >= 0.6 is 12.4 Å². The highest BCUT2D eigenvalue weighted by molar-refractivity contribution is 5.85. The fraction of sp³-hybridized carbons (Fsp3) is 0.556. The Morgan fingerprint density at radius 2 is 2.00 bits per heavy atom. The average molecular weight is 352 g/mol. The van der Waals surface area contributed by atoms with Crippen LogP contribution in [0.2, 0.25) is 0 Å². The summed E-state index contributed by atoms with van der Waals surface area (Å²) < 4.78 is 0. The summed E-state index contributed by atoms with van der Waals surface area (Å²) in [5, 5.41) is 6.21. The number of halogens is 1. The van der Waals surface area contributed by atoms with E-state index in [0.29, 0.717) is 19.4 Å². The van der Waals surface area contributed by atoms with Crippen molar-refractivity contribution >= 4 is 24.2 Å². The van der Waals surface area contributed by atoms with Crippen molar-refractivity contribution in [3.63, 3.8) is 0 Å². The molecule has 6 heteroatoms. The summed E-state index contributed by atoms with van der Waals surface area (Å²) in [5.41, 5.74) is 2.49. The van der Waals surface area contributed by atoms with Crippen LogP contribution < -0.4 is 10.6 Å². The number of carbonyl (C=O) groups is 2. The van der Waals surface area contributed by atoms with E-state index in [1.54, 1.807) is 0 Å². The summed E-state index contributed by atoms with van der Waals surface area (Å²) >= 11 is 0. The molecule has 2 aliphatic heterocycles. The van der Waals surface area contributed by atoms with E-state index in [-0.39, 0.29) is 36.2 Å². The van der Waals surface area contributed by atoms with Crippen molar-refractivity contribution in [2.45, 2.75) is 32.2 Å². The Bertz CT molecular complexity index is 566. The molecule has 2 amide bonds. The second-order valence-electron chi connectivity index (χ2n) is 6.39. The van der Waals surface area contributed by atoms with Crippen molar-refractivity contribution in [1.82, 2.24) is 15.5 Å². The first-order valence-corrected chi connectivity index (χ1v) is 8.55. The zero-order valence-corrected chi connectivity index (χ0v) is 14.9. The zero-order valence-electron chi connectivity index (χ0n) is 14.1. The number of nitrogens with zero attached hydrogens (tertiary/aromatic N) is 1. The van der Waals surface area contributed by atoms with Crippen LogP contribution in [0, 0.1) is 5.92 Å². The molecule has 132 valence electrons. The van der Waals surface area contributed by atoms with Crippen molar-refractivity contribution in [3.8, 4) is 0 Å². The first kappa shape index (κ1) is 18.7. The maximum atomic E-state index is 12.9. The minimum Gasteiger partial charge on any atom is -0.355 e. The van der Waals surface area contributed by atoms with Gasteiger partial charge in [0.25, 0.3) is 0 Å². The Morgan fingerprint density at radius 3 is 2.62 bits per heavy atom. The maximum Gasteiger partial charge on any atom is 0.228 e. The lowest BCUT2D eigenvalue weighted by Crippen LogP contribution is -2.52. The second-order valence-corrected chi connectivity index (χ2v) is 6.39. The summed E-state index contributed by atoms with van der Waals surface area (Å²) in [6.07, 6.45) is 2.14. The number of piperidine rings is 1. The van der Waals surface area contributed by atoms with Gasteiger partial charge in [-0.1, -0.05) is 31.2 Å². The van der Waals surface area contributed by atoms with Gasteiger partial charge < -0.3 is 15.5 Å². The molecule has 2 saturated heterocycles. The number of amides is 2. The molecular weight excluding hydrogens is 326 g/mol. The highest BCUT2D eigenvalue weighted by Crippen LogP contribution is 2.26. The van der Waals surface area contributed by atoms with Gasteiger partial charge in [0.2, 0.25) is 11.8 Å². The quantitative estimate of drug-likeness (QED) is 0.870. The lowest BCUT2D eigenvalue weighted by Gasteiger charge is -2.39. The van der Waals surface area contributed by atoms with E-state index < -0.39 is 0 Å². The molecule has 2 unspecified atom stereocenters. The lowest BCUT2D eigenvalue weighted by molar-refractivity contribution is -0.140. The van der Waals surface area contributed by atoms with E-state index in [0.717, 1.165) is 26.1 Å². The molecule has 0 spiro atoms. The third kappa shape index (κ3) is 4.08. The number of aryl methyl sites for hydroxylation is 1. The average Bonchev–Trinajstić information content (AvgIpc) is 2.62. The zero-order chi connectivity index (χ0) is 16.2. The van der Waals surface area contributed by atoms with Crippen molar-refractivity contribution in [2.75, 3.05) is 26.2 Å². The third-order valence-electron chi connectivity index (χ3n) is 4.91. The van der Waals surface area contributed by atoms with Crippen LogP contribution in [0.25, 0.3) is 0 Å². The van der Waals surface area contributed by atoms with Crippen LogP contribution in [-0.2, 0) is 16.0 Å². The molecule has 2 atom stereocenters. The van der Waals surface area contributed by atoms with Crippen LogP contribution in [-0.4, -0.2) is 42.9 Å². The van der Waals surface area contributed by atoms with Crippen LogP contribution in [0.3, 0.4) is 0 Å². The molecular formula is C18H26ClN3O2. The molecule has 2 heterocycles. The predicted octanol–water partition coefficient (Wildman–Crippen LogP) is 1.67. The molecule has 0 bridgehead atoms. The maximum absolute atomic E-state index is 12.9. The van der Waals surface area contributed by atoms with Crippen molar-refractivity contribution in [1.29, 1.82) is 0 Å². The molecule has 2 N–H and O–H groups in total. The van der Waals surface area contributed by atoms with Gasteiger partial charge in [0.05, 0.1) is 12.0 Å². The SMILES string of the molecule is CCc1ccc(C2CNCCN2C(=O)C2CCC(=O)NC2)cc1.Cl. The number of hydrogen-bond acceptors (Lipinski definition) is 3. The van der Waals surface area contributed by atoms with Crippen LogP contribution in [0.4, 0.5) is 0 Å². The standard InChI is InChI=1S/C18H25N3O2.ClH/c1-2-13-3-5-14(6-4-13)16-12-19-9-10-21(16)18(23)15-7-8-17(22)20-11-15;/h3-6,15-16,19H,2,7-12H2,1H3,(H,20,22);1H. The fourth-order valence-electron chi connectivity index (χ4n) is 3.42. The van der Waals surface area contributed by atoms with E-state index in [1.807, 2.05) is 4.90 Å². The van der Waals surface area contributed by atoms with Gasteiger partial charge in [-0.3, -0.25) is 9.59 Å². The Morgan fingerprint density at radius 1 is 1.25 bits per heavy atom. The van der Waals surface area contributed by atoms with Gasteiger partial charge in [0, 0.05) is 32.6 Å². The van der Waals surface area contributed by atoms with Crippen molar-refractivity contribution in [3.05, 3.63) is 35.4 Å². The molecule has 1 aromatic rings. The van der Waals surface area contributed by atoms with Crippen LogP contribution in [0.15, 0.2) is 24.3 Å². The minimum absolute atomic E-state index is 0. The van der Waals surface area contributed by atoms with Gasteiger partial charge in [-0.2, -0.15) is 0 Å². The Hall–Kier alpha value is -1.59. The minimum atomic E-state index is -0.0804. The smallest absolute Gasteiger partial charge is 0.228 e. The molecule has 2 fully saturated rings. The highest BCUT2D eigenvalue weighted by Gasteiger charge is 2.34. The first-order chi connectivity index (χ1) is 11.2. The molecule has 0 radical (unpaired) electrons. The fourth-order valence-corrected chi connectivity index (χ4v) is 3.42. The van der Waals surface area contributed by atoms with Crippen molar-refractivity contribution < 1.29 is 9.59 Å². The van der Waals surface area contributed by atoms with E-state index in [9.17, 15) is 9.59 Å². The largest absolute Gasteiger partial charge is 0.355 e.